The van der Waals surface area contributed by atoms with Crippen molar-refractivity contribution in [3.05, 3.63) is 22.8 Å². The van der Waals surface area contributed by atoms with E-state index >= 15 is 0 Å². The SMILES string of the molecule is CC1=CC(C)=C(CN)CC1. The molecule has 0 aromatic carbocycles. The first kappa shape index (κ1) is 7.55. The van der Waals surface area contributed by atoms with Gasteiger partial charge in [-0.15, -0.1) is 0 Å². The largest absolute Gasteiger partial charge is 0.327 e. The molecule has 0 aliphatic heterocycles. The Hall–Kier alpha value is -0.560. The molecular weight excluding hydrogens is 122 g/mol. The fourth-order valence-electron chi connectivity index (χ4n) is 1.35. The average molecular weight is 137 g/mol. The molecule has 0 atom stereocenters. The second-order valence-electron chi connectivity index (χ2n) is 2.98. The molecule has 0 aromatic heterocycles. The highest BCUT2D eigenvalue weighted by molar-refractivity contribution is 5.31. The van der Waals surface area contributed by atoms with E-state index in [2.05, 4.69) is 19.9 Å². The molecule has 0 unspecified atom stereocenters. The third-order valence-electron chi connectivity index (χ3n) is 2.09. The van der Waals surface area contributed by atoms with Gasteiger partial charge in [0, 0.05) is 6.54 Å². The van der Waals surface area contributed by atoms with E-state index in [-0.39, 0.29) is 0 Å². The zero-order chi connectivity index (χ0) is 7.56. The van der Waals surface area contributed by atoms with E-state index in [1.807, 2.05) is 0 Å². The van der Waals surface area contributed by atoms with Gasteiger partial charge in [0.15, 0.2) is 0 Å². The predicted octanol–water partition coefficient (Wildman–Crippen LogP) is 2.00. The molecule has 0 amide bonds. The average Bonchev–Trinajstić information content (AvgIpc) is 1.88. The lowest BCUT2D eigenvalue weighted by Gasteiger charge is -2.14. The number of allylic oxidation sites excluding steroid dienone is 3. The molecule has 1 nitrogen and oxygen atoms in total. The molecule has 1 heteroatoms. The van der Waals surface area contributed by atoms with Crippen molar-refractivity contribution in [2.75, 3.05) is 6.54 Å². The van der Waals surface area contributed by atoms with Gasteiger partial charge in [-0.1, -0.05) is 22.8 Å². The minimum atomic E-state index is 0.732. The summed E-state index contributed by atoms with van der Waals surface area (Å²) in [6, 6.07) is 0. The predicted molar refractivity (Wildman–Crippen MR) is 44.7 cm³/mol. The lowest BCUT2D eigenvalue weighted by molar-refractivity contribution is 0.855. The summed E-state index contributed by atoms with van der Waals surface area (Å²) in [4.78, 5) is 0. The molecule has 0 bridgehead atoms. The first-order valence-electron chi connectivity index (χ1n) is 3.80. The van der Waals surface area contributed by atoms with E-state index < -0.39 is 0 Å². The summed E-state index contributed by atoms with van der Waals surface area (Å²) >= 11 is 0. The second kappa shape index (κ2) is 3.02. The maximum Gasteiger partial charge on any atom is 0.0142 e. The van der Waals surface area contributed by atoms with E-state index in [0.717, 1.165) is 6.54 Å². The van der Waals surface area contributed by atoms with E-state index in [0.29, 0.717) is 0 Å². The summed E-state index contributed by atoms with van der Waals surface area (Å²) in [7, 11) is 0. The van der Waals surface area contributed by atoms with E-state index in [9.17, 15) is 0 Å². The molecule has 0 aromatic rings. The molecule has 1 rings (SSSR count). The minimum Gasteiger partial charge on any atom is -0.327 e. The third-order valence-corrected chi connectivity index (χ3v) is 2.09. The normalized spacial score (nSPS) is 19.3. The van der Waals surface area contributed by atoms with E-state index in [1.165, 1.54) is 29.6 Å². The molecule has 0 spiro atoms. The maximum atomic E-state index is 5.55. The van der Waals surface area contributed by atoms with Crippen molar-refractivity contribution in [2.24, 2.45) is 5.73 Å². The minimum absolute atomic E-state index is 0.732. The van der Waals surface area contributed by atoms with Crippen LogP contribution in [0, 0.1) is 0 Å². The molecule has 0 fully saturated rings. The molecular formula is C9H15N. The summed E-state index contributed by atoms with van der Waals surface area (Å²) in [6.07, 6.45) is 4.61. The summed E-state index contributed by atoms with van der Waals surface area (Å²) < 4.78 is 0. The Kier molecular flexibility index (Phi) is 2.28. The Bertz CT molecular complexity index is 187. The Labute approximate surface area is 62.6 Å². The summed E-state index contributed by atoms with van der Waals surface area (Å²) in [5.74, 6) is 0. The van der Waals surface area contributed by atoms with Crippen LogP contribution in [0.4, 0.5) is 0 Å². The molecule has 2 N–H and O–H groups in total. The lowest BCUT2D eigenvalue weighted by atomic mass is 9.94. The van der Waals surface area contributed by atoms with Crippen LogP contribution < -0.4 is 5.73 Å². The number of nitrogens with two attached hydrogens (primary N) is 1. The molecule has 56 valence electrons. The Morgan fingerprint density at radius 2 is 2.10 bits per heavy atom. The molecule has 0 radical (unpaired) electrons. The summed E-state index contributed by atoms with van der Waals surface area (Å²) in [5.41, 5.74) is 9.84. The van der Waals surface area contributed by atoms with Crippen LogP contribution >= 0.6 is 0 Å². The van der Waals surface area contributed by atoms with Gasteiger partial charge in [-0.05, 0) is 26.7 Å². The van der Waals surface area contributed by atoms with Crippen LogP contribution in [0.2, 0.25) is 0 Å². The van der Waals surface area contributed by atoms with Crippen molar-refractivity contribution in [3.63, 3.8) is 0 Å². The summed E-state index contributed by atoms with van der Waals surface area (Å²) in [6.45, 7) is 5.05. The van der Waals surface area contributed by atoms with Gasteiger partial charge in [0.2, 0.25) is 0 Å². The van der Waals surface area contributed by atoms with Gasteiger partial charge in [-0.3, -0.25) is 0 Å². The lowest BCUT2D eigenvalue weighted by Crippen LogP contribution is -2.07. The van der Waals surface area contributed by atoms with Crippen LogP contribution in [0.25, 0.3) is 0 Å². The van der Waals surface area contributed by atoms with Crippen molar-refractivity contribution in [2.45, 2.75) is 26.7 Å². The van der Waals surface area contributed by atoms with Crippen LogP contribution in [0.1, 0.15) is 26.7 Å². The van der Waals surface area contributed by atoms with Crippen LogP contribution in [-0.2, 0) is 0 Å². The zero-order valence-electron chi connectivity index (χ0n) is 6.78. The van der Waals surface area contributed by atoms with Gasteiger partial charge < -0.3 is 5.73 Å². The number of rotatable bonds is 1. The van der Waals surface area contributed by atoms with Gasteiger partial charge in [-0.25, -0.2) is 0 Å². The number of hydrogen-bond donors (Lipinski definition) is 1. The first-order chi connectivity index (χ1) is 4.74. The van der Waals surface area contributed by atoms with Gasteiger partial charge in [-0.2, -0.15) is 0 Å². The highest BCUT2D eigenvalue weighted by Gasteiger charge is 2.05. The molecule has 10 heavy (non-hydrogen) atoms. The highest BCUT2D eigenvalue weighted by Crippen LogP contribution is 2.21. The van der Waals surface area contributed by atoms with Crippen molar-refractivity contribution in [3.8, 4) is 0 Å². The van der Waals surface area contributed by atoms with Crippen LogP contribution in [0.15, 0.2) is 22.8 Å². The molecule has 0 heterocycles. The van der Waals surface area contributed by atoms with Crippen molar-refractivity contribution in [1.29, 1.82) is 0 Å². The monoisotopic (exact) mass is 137 g/mol. The third kappa shape index (κ3) is 1.48. The Morgan fingerprint density at radius 3 is 2.60 bits per heavy atom. The number of hydrogen-bond acceptors (Lipinski definition) is 1. The molecule has 0 saturated carbocycles. The smallest absolute Gasteiger partial charge is 0.0142 e. The van der Waals surface area contributed by atoms with Gasteiger partial charge in [0.1, 0.15) is 0 Å². The van der Waals surface area contributed by atoms with Gasteiger partial charge >= 0.3 is 0 Å². The fourth-order valence-corrected chi connectivity index (χ4v) is 1.35. The molecule has 0 saturated heterocycles. The first-order valence-corrected chi connectivity index (χ1v) is 3.80. The van der Waals surface area contributed by atoms with Crippen LogP contribution in [0.5, 0.6) is 0 Å². The topological polar surface area (TPSA) is 26.0 Å². The van der Waals surface area contributed by atoms with Crippen molar-refractivity contribution in [1.82, 2.24) is 0 Å². The summed E-state index contributed by atoms with van der Waals surface area (Å²) in [5, 5.41) is 0. The maximum absolute atomic E-state index is 5.55. The Morgan fingerprint density at radius 1 is 1.40 bits per heavy atom. The standard InChI is InChI=1S/C9H15N/c1-7-3-4-9(6-10)8(2)5-7/h5H,3-4,6,10H2,1-2H3. The zero-order valence-corrected chi connectivity index (χ0v) is 6.78. The van der Waals surface area contributed by atoms with Crippen molar-refractivity contribution < 1.29 is 0 Å². The van der Waals surface area contributed by atoms with Gasteiger partial charge in [0.05, 0.1) is 0 Å². The van der Waals surface area contributed by atoms with Crippen LogP contribution in [-0.4, -0.2) is 6.54 Å². The Balaban J connectivity index is 2.80. The van der Waals surface area contributed by atoms with E-state index in [1.54, 1.807) is 0 Å². The molecule has 1 aliphatic rings. The van der Waals surface area contributed by atoms with Gasteiger partial charge in [0.25, 0.3) is 0 Å². The van der Waals surface area contributed by atoms with E-state index in [4.69, 9.17) is 5.73 Å². The highest BCUT2D eigenvalue weighted by atomic mass is 14.5. The molecule has 1 aliphatic carbocycles. The second-order valence-corrected chi connectivity index (χ2v) is 2.98. The fraction of sp³-hybridized carbons (Fsp3) is 0.556. The van der Waals surface area contributed by atoms with Crippen LogP contribution in [0.3, 0.4) is 0 Å². The van der Waals surface area contributed by atoms with Crippen molar-refractivity contribution >= 4 is 0 Å². The quantitative estimate of drug-likeness (QED) is 0.587.